The van der Waals surface area contributed by atoms with E-state index in [1.807, 2.05) is 27.9 Å². The van der Waals surface area contributed by atoms with Crippen LogP contribution in [-0.2, 0) is 7.05 Å². The lowest BCUT2D eigenvalue weighted by molar-refractivity contribution is 0.0988. The normalized spacial score (nSPS) is 14.4. The van der Waals surface area contributed by atoms with Gasteiger partial charge in [-0.2, -0.15) is 15.3 Å². The first kappa shape index (κ1) is 26.9. The predicted octanol–water partition coefficient (Wildman–Crippen LogP) is 3.83. The topological polar surface area (TPSA) is 122 Å². The van der Waals surface area contributed by atoms with Crippen molar-refractivity contribution in [3.8, 4) is 17.6 Å². The molecular weight excluding hydrogens is 532 g/mol. The number of nitrogens with zero attached hydrogens (tertiary/aromatic N) is 8. The Morgan fingerprint density at radius 1 is 1.15 bits per heavy atom. The zero-order chi connectivity index (χ0) is 28.9. The van der Waals surface area contributed by atoms with Crippen molar-refractivity contribution < 1.29 is 9.53 Å². The van der Waals surface area contributed by atoms with Gasteiger partial charge >= 0.3 is 0 Å². The highest BCUT2D eigenvalue weighted by molar-refractivity contribution is 6.30. The molecule has 0 saturated heterocycles. The van der Waals surface area contributed by atoms with Crippen LogP contribution in [0, 0.1) is 11.3 Å². The van der Waals surface area contributed by atoms with Gasteiger partial charge < -0.3 is 14.2 Å². The lowest BCUT2D eigenvalue weighted by Gasteiger charge is -2.27. The Kier molecular flexibility index (Phi) is 6.81. The number of carbonyl (C=O) groups excluding carboxylic acids is 1. The number of nitriles is 1. The molecule has 1 amide bonds. The molecule has 11 nitrogen and oxygen atoms in total. The van der Waals surface area contributed by atoms with Crippen LogP contribution < -0.4 is 20.1 Å². The van der Waals surface area contributed by atoms with Crippen LogP contribution in [0.1, 0.15) is 58.7 Å². The third kappa shape index (κ3) is 4.26. The first-order valence-electron chi connectivity index (χ1n) is 12.5. The van der Waals surface area contributed by atoms with Crippen LogP contribution >= 0.6 is 11.6 Å². The van der Waals surface area contributed by atoms with Crippen molar-refractivity contribution in [2.45, 2.75) is 25.8 Å². The molecule has 3 aromatic heterocycles. The van der Waals surface area contributed by atoms with E-state index in [2.05, 4.69) is 16.0 Å². The Hall–Kier alpha value is -4.69. The Bertz CT molecular complexity index is 1730. The first-order valence-corrected chi connectivity index (χ1v) is 12.9. The van der Waals surface area contributed by atoms with Gasteiger partial charge in [0.05, 0.1) is 41.7 Å². The van der Waals surface area contributed by atoms with Crippen molar-refractivity contribution >= 4 is 29.1 Å². The molecule has 204 valence electrons. The summed E-state index contributed by atoms with van der Waals surface area (Å²) in [6, 6.07) is 9.83. The number of benzene rings is 1. The molecule has 4 aromatic rings. The highest BCUT2D eigenvalue weighted by atomic mass is 35.5. The highest BCUT2D eigenvalue weighted by Gasteiger charge is 2.46. The zero-order valence-electron chi connectivity index (χ0n) is 22.9. The number of fused-ring (bicyclic) bond motifs is 1. The van der Waals surface area contributed by atoms with E-state index >= 15 is 0 Å². The number of pyridine rings is 1. The molecule has 40 heavy (non-hydrogen) atoms. The lowest BCUT2D eigenvalue weighted by atomic mass is 9.94. The van der Waals surface area contributed by atoms with Gasteiger partial charge in [0.2, 0.25) is 11.8 Å². The lowest BCUT2D eigenvalue weighted by Crippen LogP contribution is -2.35. The van der Waals surface area contributed by atoms with Crippen LogP contribution in [0.5, 0.6) is 5.88 Å². The monoisotopic (exact) mass is 558 g/mol. The number of methoxy groups -OCH3 is 1. The van der Waals surface area contributed by atoms with Gasteiger partial charge in [0.1, 0.15) is 11.4 Å². The third-order valence-electron chi connectivity index (χ3n) is 6.75. The number of aromatic nitrogens is 5. The molecule has 0 saturated carbocycles. The second kappa shape index (κ2) is 10.1. The summed E-state index contributed by atoms with van der Waals surface area (Å²) in [5.41, 5.74) is 2.98. The van der Waals surface area contributed by atoms with Crippen molar-refractivity contribution in [1.29, 1.82) is 5.26 Å². The molecule has 0 radical (unpaired) electrons. The number of halogens is 1. The maximum Gasteiger partial charge on any atom is 0.280 e. The largest absolute Gasteiger partial charge is 0.479 e. The predicted molar refractivity (Wildman–Crippen MR) is 151 cm³/mol. The molecule has 0 spiro atoms. The van der Waals surface area contributed by atoms with E-state index < -0.39 is 11.9 Å². The number of rotatable bonds is 6. The first-order chi connectivity index (χ1) is 19.1. The standard InChI is InChI=1S/C28H27ClN8O3/c1-15(2)23-21-22(33-37(23)20-13-31-28(34(3)4)32-25(20)40-6)27(39)36(19-11-18(29)14-35(5)26(19)38)24(21)17-9-7-16(12-30)8-10-17/h7-11,13-15,24H,1-6H3/t24-/m0/s1. The Balaban J connectivity index is 1.80. The Labute approximate surface area is 235 Å². The fourth-order valence-electron chi connectivity index (χ4n) is 4.96. The van der Waals surface area contributed by atoms with Gasteiger partial charge in [0, 0.05) is 32.9 Å². The van der Waals surface area contributed by atoms with E-state index in [4.69, 9.17) is 21.4 Å². The number of amides is 1. The molecule has 0 unspecified atom stereocenters. The molecule has 1 atom stereocenters. The summed E-state index contributed by atoms with van der Waals surface area (Å²) in [6.07, 6.45) is 3.11. The number of hydrogen-bond acceptors (Lipinski definition) is 8. The van der Waals surface area contributed by atoms with E-state index in [9.17, 15) is 14.9 Å². The van der Waals surface area contributed by atoms with Gasteiger partial charge in [-0.3, -0.25) is 14.5 Å². The van der Waals surface area contributed by atoms with Gasteiger partial charge in [-0.1, -0.05) is 37.6 Å². The number of anilines is 2. The minimum atomic E-state index is -0.708. The van der Waals surface area contributed by atoms with Crippen molar-refractivity contribution in [3.05, 3.63) is 86.2 Å². The number of hydrogen-bond donors (Lipinski definition) is 0. The van der Waals surface area contributed by atoms with Crippen LogP contribution in [0.2, 0.25) is 5.02 Å². The minimum absolute atomic E-state index is 0.106. The summed E-state index contributed by atoms with van der Waals surface area (Å²) in [4.78, 5) is 39.6. The number of carbonyl (C=O) groups is 1. The van der Waals surface area contributed by atoms with Crippen molar-refractivity contribution in [3.63, 3.8) is 0 Å². The molecule has 1 aliphatic rings. The molecule has 4 heterocycles. The Morgan fingerprint density at radius 3 is 2.45 bits per heavy atom. The quantitative estimate of drug-likeness (QED) is 0.350. The van der Waals surface area contributed by atoms with Crippen LogP contribution in [0.25, 0.3) is 5.69 Å². The zero-order valence-corrected chi connectivity index (χ0v) is 23.6. The average Bonchev–Trinajstić information content (AvgIpc) is 3.45. The van der Waals surface area contributed by atoms with Crippen molar-refractivity contribution in [2.24, 2.45) is 7.05 Å². The molecule has 5 rings (SSSR count). The third-order valence-corrected chi connectivity index (χ3v) is 6.96. The van der Waals surface area contributed by atoms with Crippen molar-refractivity contribution in [2.75, 3.05) is 31.0 Å². The van der Waals surface area contributed by atoms with Crippen LogP contribution in [0.15, 0.2) is 47.5 Å². The molecule has 0 aliphatic carbocycles. The summed E-state index contributed by atoms with van der Waals surface area (Å²) in [7, 11) is 6.74. The van der Waals surface area contributed by atoms with Gasteiger partial charge in [0.15, 0.2) is 5.69 Å². The fraction of sp³-hybridized carbons (Fsp3) is 0.286. The summed E-state index contributed by atoms with van der Waals surface area (Å²) in [6.45, 7) is 3.99. The molecule has 0 fully saturated rings. The van der Waals surface area contributed by atoms with Crippen LogP contribution in [0.3, 0.4) is 0 Å². The molecule has 1 aliphatic heterocycles. The van der Waals surface area contributed by atoms with E-state index in [0.717, 1.165) is 5.69 Å². The second-order valence-electron chi connectivity index (χ2n) is 9.94. The van der Waals surface area contributed by atoms with E-state index in [1.165, 1.54) is 28.8 Å². The van der Waals surface area contributed by atoms with E-state index in [-0.39, 0.29) is 22.9 Å². The molecule has 1 aromatic carbocycles. The van der Waals surface area contributed by atoms with Crippen LogP contribution in [0.4, 0.5) is 11.6 Å². The average molecular weight is 559 g/mol. The smallest absolute Gasteiger partial charge is 0.280 e. The number of aryl methyl sites for hydroxylation is 1. The Morgan fingerprint density at radius 2 is 1.85 bits per heavy atom. The minimum Gasteiger partial charge on any atom is -0.479 e. The number of ether oxygens (including phenoxy) is 1. The van der Waals surface area contributed by atoms with E-state index in [1.54, 1.807) is 47.1 Å². The van der Waals surface area contributed by atoms with Crippen LogP contribution in [-0.4, -0.2) is 51.4 Å². The summed E-state index contributed by atoms with van der Waals surface area (Å²) in [5, 5.41) is 14.4. The second-order valence-corrected chi connectivity index (χ2v) is 10.4. The summed E-state index contributed by atoms with van der Waals surface area (Å²) < 4.78 is 8.59. The molecule has 0 bridgehead atoms. The van der Waals surface area contributed by atoms with Gasteiger partial charge in [-0.25, -0.2) is 9.67 Å². The van der Waals surface area contributed by atoms with Gasteiger partial charge in [0.25, 0.3) is 11.5 Å². The highest BCUT2D eigenvalue weighted by Crippen LogP contribution is 2.45. The summed E-state index contributed by atoms with van der Waals surface area (Å²) >= 11 is 6.34. The van der Waals surface area contributed by atoms with Gasteiger partial charge in [-0.15, -0.1) is 0 Å². The maximum absolute atomic E-state index is 14.1. The van der Waals surface area contributed by atoms with E-state index in [0.29, 0.717) is 39.2 Å². The van der Waals surface area contributed by atoms with Crippen molar-refractivity contribution in [1.82, 2.24) is 24.3 Å². The fourth-order valence-corrected chi connectivity index (χ4v) is 5.21. The molecule has 12 heteroatoms. The SMILES string of the molecule is COc1nc(N(C)C)ncc1-n1nc2c(c1C(C)C)[C@H](c1ccc(C#N)cc1)N(c1cc(Cl)cn(C)c1=O)C2=O. The maximum atomic E-state index is 14.1. The molecular formula is C28H27ClN8O3. The summed E-state index contributed by atoms with van der Waals surface area (Å²) in [5.74, 6) is 0.199. The molecule has 0 N–H and O–H groups in total. The van der Waals surface area contributed by atoms with Gasteiger partial charge in [-0.05, 0) is 29.7 Å².